The first-order valence-corrected chi connectivity index (χ1v) is 8.39. The zero-order chi connectivity index (χ0) is 19.2. The van der Waals surface area contributed by atoms with E-state index in [2.05, 4.69) is 4.98 Å². The van der Waals surface area contributed by atoms with E-state index in [0.717, 1.165) is 11.8 Å². The molecule has 0 saturated heterocycles. The third-order valence-electron chi connectivity index (χ3n) is 3.90. The average Bonchev–Trinajstić information content (AvgIpc) is 3.12. The van der Waals surface area contributed by atoms with Gasteiger partial charge in [0.1, 0.15) is 18.1 Å². The summed E-state index contributed by atoms with van der Waals surface area (Å²) in [6, 6.07) is 14.7. The number of aromatic amines is 1. The highest BCUT2D eigenvalue weighted by Gasteiger charge is 2.15. The lowest BCUT2D eigenvalue weighted by Crippen LogP contribution is -2.04. The molecule has 0 amide bonds. The molecule has 0 aliphatic rings. The Balaban J connectivity index is 1.99. The third kappa shape index (κ3) is 4.33. The van der Waals surface area contributed by atoms with Gasteiger partial charge in [0.15, 0.2) is 0 Å². The standard InChI is InChI=1S/C20H18N2O5/c1-2-26-20(23)17-12-16-15(10-11-22(24)25)8-9-18(19(16)21-17)27-13-14-6-4-3-5-7-14/h3-12,21H,2,13H2,1H3. The van der Waals surface area contributed by atoms with E-state index in [1.807, 2.05) is 30.3 Å². The highest BCUT2D eigenvalue weighted by molar-refractivity contribution is 6.00. The van der Waals surface area contributed by atoms with Crippen LogP contribution >= 0.6 is 0 Å². The van der Waals surface area contributed by atoms with Gasteiger partial charge in [0.25, 0.3) is 0 Å². The van der Waals surface area contributed by atoms with Gasteiger partial charge in [-0.2, -0.15) is 0 Å². The predicted molar refractivity (Wildman–Crippen MR) is 101 cm³/mol. The monoisotopic (exact) mass is 366 g/mol. The summed E-state index contributed by atoms with van der Waals surface area (Å²) < 4.78 is 10.9. The van der Waals surface area contributed by atoms with E-state index in [-0.39, 0.29) is 12.3 Å². The van der Waals surface area contributed by atoms with Gasteiger partial charge in [0.05, 0.1) is 17.0 Å². The largest absolute Gasteiger partial charge is 0.487 e. The molecule has 1 aromatic heterocycles. The first-order chi connectivity index (χ1) is 13.1. The molecule has 0 atom stereocenters. The second-order valence-electron chi connectivity index (χ2n) is 5.72. The SMILES string of the molecule is CCOC(=O)c1cc2c(C=C[N+](=O)[O-])ccc(OCc3ccccc3)c2[nH]1. The minimum Gasteiger partial charge on any atom is -0.487 e. The van der Waals surface area contributed by atoms with Crippen LogP contribution < -0.4 is 4.74 Å². The van der Waals surface area contributed by atoms with Gasteiger partial charge < -0.3 is 14.5 Å². The molecule has 138 valence electrons. The topological polar surface area (TPSA) is 94.5 Å². The van der Waals surface area contributed by atoms with Crippen molar-refractivity contribution in [3.05, 3.63) is 81.7 Å². The van der Waals surface area contributed by atoms with Crippen LogP contribution in [0.1, 0.15) is 28.5 Å². The fourth-order valence-electron chi connectivity index (χ4n) is 2.68. The Hall–Kier alpha value is -3.61. The van der Waals surface area contributed by atoms with Crippen molar-refractivity contribution in [2.24, 2.45) is 0 Å². The first kappa shape index (κ1) is 18.2. The summed E-state index contributed by atoms with van der Waals surface area (Å²) in [5.74, 6) is 0.0505. The Bertz CT molecular complexity index is 992. The number of carbonyl (C=O) groups is 1. The number of carbonyl (C=O) groups excluding carboxylic acids is 1. The molecule has 1 N–H and O–H groups in total. The quantitative estimate of drug-likeness (QED) is 0.385. The number of fused-ring (bicyclic) bond motifs is 1. The molecule has 0 aliphatic heterocycles. The van der Waals surface area contributed by atoms with Gasteiger partial charge in [-0.15, -0.1) is 0 Å². The number of nitrogens with one attached hydrogen (secondary N) is 1. The van der Waals surface area contributed by atoms with Crippen molar-refractivity contribution >= 4 is 22.9 Å². The molecule has 0 fully saturated rings. The van der Waals surface area contributed by atoms with E-state index >= 15 is 0 Å². The number of hydrogen-bond acceptors (Lipinski definition) is 5. The van der Waals surface area contributed by atoms with Crippen LogP contribution in [0.2, 0.25) is 0 Å². The molecule has 0 radical (unpaired) electrons. The zero-order valence-electron chi connectivity index (χ0n) is 14.7. The maximum atomic E-state index is 12.1. The Morgan fingerprint density at radius 1 is 1.22 bits per heavy atom. The van der Waals surface area contributed by atoms with Gasteiger partial charge in [-0.25, -0.2) is 4.79 Å². The molecule has 27 heavy (non-hydrogen) atoms. The summed E-state index contributed by atoms with van der Waals surface area (Å²) in [4.78, 5) is 25.2. The number of ether oxygens (including phenoxy) is 2. The van der Waals surface area contributed by atoms with Crippen LogP contribution in [-0.2, 0) is 11.3 Å². The molecule has 0 saturated carbocycles. The summed E-state index contributed by atoms with van der Waals surface area (Å²) in [6.07, 6.45) is 2.24. The van der Waals surface area contributed by atoms with Gasteiger partial charge in [-0.1, -0.05) is 36.4 Å². The van der Waals surface area contributed by atoms with Crippen molar-refractivity contribution in [1.29, 1.82) is 0 Å². The van der Waals surface area contributed by atoms with Crippen molar-refractivity contribution in [3.8, 4) is 5.75 Å². The third-order valence-corrected chi connectivity index (χ3v) is 3.90. The molecule has 7 nitrogen and oxygen atoms in total. The first-order valence-electron chi connectivity index (χ1n) is 8.39. The molecule has 1 heterocycles. The number of aromatic nitrogens is 1. The maximum absolute atomic E-state index is 12.1. The summed E-state index contributed by atoms with van der Waals surface area (Å²) >= 11 is 0. The van der Waals surface area contributed by atoms with Gasteiger partial charge in [-0.3, -0.25) is 10.1 Å². The molecule has 0 bridgehead atoms. The van der Waals surface area contributed by atoms with Crippen molar-refractivity contribution in [2.45, 2.75) is 13.5 Å². The van der Waals surface area contributed by atoms with Crippen molar-refractivity contribution in [3.63, 3.8) is 0 Å². The summed E-state index contributed by atoms with van der Waals surface area (Å²) in [6.45, 7) is 2.33. The maximum Gasteiger partial charge on any atom is 0.354 e. The van der Waals surface area contributed by atoms with Gasteiger partial charge in [0, 0.05) is 11.5 Å². The van der Waals surface area contributed by atoms with E-state index < -0.39 is 10.9 Å². The van der Waals surface area contributed by atoms with Crippen LogP contribution in [0, 0.1) is 10.1 Å². The van der Waals surface area contributed by atoms with E-state index in [4.69, 9.17) is 9.47 Å². The molecule has 3 rings (SSSR count). The second kappa shape index (κ2) is 8.18. The van der Waals surface area contributed by atoms with Gasteiger partial charge >= 0.3 is 5.97 Å². The lowest BCUT2D eigenvalue weighted by Gasteiger charge is -2.08. The second-order valence-corrected chi connectivity index (χ2v) is 5.72. The van der Waals surface area contributed by atoms with Crippen LogP contribution in [-0.4, -0.2) is 22.5 Å². The lowest BCUT2D eigenvalue weighted by atomic mass is 10.1. The normalized spacial score (nSPS) is 11.0. The molecule has 0 aliphatic carbocycles. The Morgan fingerprint density at radius 3 is 2.70 bits per heavy atom. The smallest absolute Gasteiger partial charge is 0.354 e. The molecule has 0 unspecified atom stereocenters. The lowest BCUT2D eigenvalue weighted by molar-refractivity contribution is -0.400. The summed E-state index contributed by atoms with van der Waals surface area (Å²) in [5, 5.41) is 11.3. The van der Waals surface area contributed by atoms with Gasteiger partial charge in [-0.05, 0) is 30.2 Å². The Kier molecular flexibility index (Phi) is 5.51. The van der Waals surface area contributed by atoms with Crippen LogP contribution in [0.5, 0.6) is 5.75 Å². The van der Waals surface area contributed by atoms with Crippen molar-refractivity contribution in [2.75, 3.05) is 6.61 Å². The fraction of sp³-hybridized carbons (Fsp3) is 0.150. The molecular formula is C20H18N2O5. The number of nitrogens with zero attached hydrogens (tertiary/aromatic N) is 1. The van der Waals surface area contributed by atoms with Crippen molar-refractivity contribution < 1.29 is 19.2 Å². The van der Waals surface area contributed by atoms with Gasteiger partial charge in [0.2, 0.25) is 6.20 Å². The molecule has 2 aromatic carbocycles. The zero-order valence-corrected chi connectivity index (χ0v) is 14.7. The molecule has 3 aromatic rings. The highest BCUT2D eigenvalue weighted by atomic mass is 16.6. The van der Waals surface area contributed by atoms with Crippen LogP contribution in [0.15, 0.2) is 54.7 Å². The van der Waals surface area contributed by atoms with Crippen molar-refractivity contribution in [1.82, 2.24) is 4.98 Å². The molecular weight excluding hydrogens is 348 g/mol. The fourth-order valence-corrected chi connectivity index (χ4v) is 2.68. The van der Waals surface area contributed by atoms with E-state index in [1.54, 1.807) is 25.1 Å². The summed E-state index contributed by atoms with van der Waals surface area (Å²) in [5.41, 5.74) is 2.44. The molecule has 0 spiro atoms. The van der Waals surface area contributed by atoms with E-state index in [0.29, 0.717) is 28.8 Å². The molecule has 7 heteroatoms. The highest BCUT2D eigenvalue weighted by Crippen LogP contribution is 2.30. The number of hydrogen-bond donors (Lipinski definition) is 1. The minimum absolute atomic E-state index is 0.250. The Labute approximate surface area is 155 Å². The average molecular weight is 366 g/mol. The summed E-state index contributed by atoms with van der Waals surface area (Å²) in [7, 11) is 0. The van der Waals surface area contributed by atoms with E-state index in [1.165, 1.54) is 6.08 Å². The number of esters is 1. The minimum atomic E-state index is -0.537. The van der Waals surface area contributed by atoms with Crippen LogP contribution in [0.25, 0.3) is 17.0 Å². The van der Waals surface area contributed by atoms with E-state index in [9.17, 15) is 14.9 Å². The Morgan fingerprint density at radius 2 is 2.00 bits per heavy atom. The number of H-pyrrole nitrogens is 1. The van der Waals surface area contributed by atoms with Crippen LogP contribution in [0.4, 0.5) is 0 Å². The number of benzene rings is 2. The predicted octanol–water partition coefficient (Wildman–Crippen LogP) is 4.17. The number of rotatable bonds is 7. The number of nitro groups is 1. The van der Waals surface area contributed by atoms with Crippen LogP contribution in [0.3, 0.4) is 0 Å².